The topological polar surface area (TPSA) is 53.0 Å². The van der Waals surface area contributed by atoms with Crippen LogP contribution in [0.5, 0.6) is 0 Å². The quantitative estimate of drug-likeness (QED) is 0.856. The highest BCUT2D eigenvalue weighted by molar-refractivity contribution is 5.69. The summed E-state index contributed by atoms with van der Waals surface area (Å²) >= 11 is 0. The van der Waals surface area contributed by atoms with E-state index >= 15 is 0 Å². The van der Waals surface area contributed by atoms with Crippen molar-refractivity contribution < 1.29 is 14.6 Å². The lowest BCUT2D eigenvalue weighted by atomic mass is 10.0. The van der Waals surface area contributed by atoms with Crippen LogP contribution in [0.4, 0.5) is 4.79 Å². The number of ether oxygens (including phenoxy) is 1. The third-order valence-electron chi connectivity index (χ3n) is 3.83. The molecule has 1 atom stereocenters. The zero-order chi connectivity index (χ0) is 14.8. The van der Waals surface area contributed by atoms with Crippen LogP contribution in [0.25, 0.3) is 0 Å². The van der Waals surface area contributed by atoms with Gasteiger partial charge in [0.05, 0.1) is 6.61 Å². The van der Waals surface area contributed by atoms with Crippen LogP contribution in [0, 0.1) is 0 Å². The number of carbonyl (C=O) groups excluding carboxylic acids is 1. The van der Waals surface area contributed by atoms with E-state index in [4.69, 9.17) is 9.84 Å². The summed E-state index contributed by atoms with van der Waals surface area (Å²) in [7, 11) is 0. The van der Waals surface area contributed by atoms with E-state index in [0.29, 0.717) is 12.6 Å². The third-order valence-corrected chi connectivity index (χ3v) is 3.83. The lowest BCUT2D eigenvalue weighted by molar-refractivity contribution is 0.00292. The Hall–Kier alpha value is -0.810. The van der Waals surface area contributed by atoms with Crippen molar-refractivity contribution in [3.63, 3.8) is 0 Å². The molecule has 1 aliphatic heterocycles. The molecule has 0 aromatic carbocycles. The van der Waals surface area contributed by atoms with Gasteiger partial charge in [0, 0.05) is 25.2 Å². The molecule has 1 heterocycles. The minimum absolute atomic E-state index is 0.171. The van der Waals surface area contributed by atoms with Crippen molar-refractivity contribution in [1.82, 2.24) is 9.80 Å². The average Bonchev–Trinajstić information content (AvgIpc) is 3.12. The van der Waals surface area contributed by atoms with Crippen molar-refractivity contribution in [2.24, 2.45) is 0 Å². The van der Waals surface area contributed by atoms with Gasteiger partial charge < -0.3 is 14.7 Å². The number of nitrogens with zero attached hydrogens (tertiary/aromatic N) is 2. The van der Waals surface area contributed by atoms with Gasteiger partial charge in [0.25, 0.3) is 0 Å². The SMILES string of the molecule is CC(C)(C)OC(=O)N(C1CC1)[C@@H]1CCCN(CCO)C1. The summed E-state index contributed by atoms with van der Waals surface area (Å²) in [6.45, 7) is 8.49. The van der Waals surface area contributed by atoms with Crippen molar-refractivity contribution >= 4 is 6.09 Å². The Labute approximate surface area is 121 Å². The molecule has 2 rings (SSSR count). The van der Waals surface area contributed by atoms with Crippen molar-refractivity contribution in [3.8, 4) is 0 Å². The summed E-state index contributed by atoms with van der Waals surface area (Å²) in [5.74, 6) is 0. The first-order valence-corrected chi connectivity index (χ1v) is 7.75. The van der Waals surface area contributed by atoms with Crippen LogP contribution < -0.4 is 0 Å². The second-order valence-electron chi connectivity index (χ2n) is 6.94. The van der Waals surface area contributed by atoms with Gasteiger partial charge in [0.1, 0.15) is 5.60 Å². The van der Waals surface area contributed by atoms with E-state index in [0.717, 1.165) is 38.8 Å². The van der Waals surface area contributed by atoms with E-state index < -0.39 is 5.60 Å². The van der Waals surface area contributed by atoms with Crippen LogP contribution in [0.1, 0.15) is 46.5 Å². The van der Waals surface area contributed by atoms with Crippen LogP contribution in [-0.4, -0.2) is 64.9 Å². The number of likely N-dealkylation sites (tertiary alicyclic amines) is 1. The van der Waals surface area contributed by atoms with E-state index in [9.17, 15) is 4.79 Å². The van der Waals surface area contributed by atoms with E-state index in [2.05, 4.69) is 4.90 Å². The first-order chi connectivity index (χ1) is 9.40. The zero-order valence-electron chi connectivity index (χ0n) is 13.0. The summed E-state index contributed by atoms with van der Waals surface area (Å²) in [6.07, 6.45) is 4.13. The van der Waals surface area contributed by atoms with Gasteiger partial charge in [-0.3, -0.25) is 4.90 Å². The maximum Gasteiger partial charge on any atom is 0.410 e. The molecule has 1 amide bonds. The van der Waals surface area contributed by atoms with E-state index in [-0.39, 0.29) is 18.7 Å². The molecular weight excluding hydrogens is 256 g/mol. The molecule has 116 valence electrons. The number of β-amino-alcohol motifs (C(OH)–C–C–N with tert-alkyl or cyclic N) is 1. The molecule has 1 aliphatic carbocycles. The molecule has 1 N–H and O–H groups in total. The summed E-state index contributed by atoms with van der Waals surface area (Å²) in [6, 6.07) is 0.599. The van der Waals surface area contributed by atoms with Gasteiger partial charge in [-0.2, -0.15) is 0 Å². The minimum atomic E-state index is -0.441. The molecule has 0 aromatic heterocycles. The molecular formula is C15H28N2O3. The van der Waals surface area contributed by atoms with Gasteiger partial charge >= 0.3 is 6.09 Å². The van der Waals surface area contributed by atoms with Crippen molar-refractivity contribution in [2.45, 2.75) is 64.1 Å². The van der Waals surface area contributed by atoms with E-state index in [1.54, 1.807) is 0 Å². The lowest BCUT2D eigenvalue weighted by Crippen LogP contribution is -2.52. The van der Waals surface area contributed by atoms with Gasteiger partial charge in [-0.05, 0) is 53.0 Å². The first-order valence-electron chi connectivity index (χ1n) is 7.75. The number of rotatable bonds is 4. The fourth-order valence-electron chi connectivity index (χ4n) is 2.87. The average molecular weight is 284 g/mol. The second kappa shape index (κ2) is 6.31. The molecule has 1 saturated heterocycles. The summed E-state index contributed by atoms with van der Waals surface area (Å²) in [5, 5.41) is 9.08. The van der Waals surface area contributed by atoms with Crippen LogP contribution in [0.3, 0.4) is 0 Å². The smallest absolute Gasteiger partial charge is 0.410 e. The standard InChI is InChI=1S/C15H28N2O3/c1-15(2,3)20-14(19)17(12-6-7-12)13-5-4-8-16(11-13)9-10-18/h12-13,18H,4-11H2,1-3H3/t13-/m1/s1. The number of piperidine rings is 1. The monoisotopic (exact) mass is 284 g/mol. The molecule has 0 spiro atoms. The fraction of sp³-hybridized carbons (Fsp3) is 0.933. The van der Waals surface area contributed by atoms with Gasteiger partial charge in [0.15, 0.2) is 0 Å². The molecule has 5 nitrogen and oxygen atoms in total. The molecule has 20 heavy (non-hydrogen) atoms. The van der Waals surface area contributed by atoms with Gasteiger partial charge in [-0.25, -0.2) is 4.79 Å². The molecule has 0 unspecified atom stereocenters. The maximum absolute atomic E-state index is 12.4. The molecule has 0 aromatic rings. The van der Waals surface area contributed by atoms with Crippen molar-refractivity contribution in [2.75, 3.05) is 26.2 Å². The minimum Gasteiger partial charge on any atom is -0.444 e. The largest absolute Gasteiger partial charge is 0.444 e. The molecule has 0 bridgehead atoms. The van der Waals surface area contributed by atoms with Gasteiger partial charge in [0.2, 0.25) is 0 Å². The Kier molecular flexibility index (Phi) is 4.91. The first kappa shape index (κ1) is 15.6. The third kappa shape index (κ3) is 4.35. The summed E-state index contributed by atoms with van der Waals surface area (Å²) in [4.78, 5) is 16.7. The highest BCUT2D eigenvalue weighted by atomic mass is 16.6. The number of carbonyl (C=O) groups is 1. The number of hydrogen-bond acceptors (Lipinski definition) is 4. The van der Waals surface area contributed by atoms with Gasteiger partial charge in [-0.1, -0.05) is 0 Å². The predicted octanol–water partition coefficient (Wildman–Crippen LogP) is 1.84. The summed E-state index contributed by atoms with van der Waals surface area (Å²) in [5.41, 5.74) is -0.441. The van der Waals surface area contributed by atoms with Crippen LogP contribution >= 0.6 is 0 Å². The molecule has 5 heteroatoms. The number of aliphatic hydroxyl groups excluding tert-OH is 1. The van der Waals surface area contributed by atoms with Crippen LogP contribution in [-0.2, 0) is 4.74 Å². The lowest BCUT2D eigenvalue weighted by Gasteiger charge is -2.39. The highest BCUT2D eigenvalue weighted by Gasteiger charge is 2.40. The number of hydrogen-bond donors (Lipinski definition) is 1. The van der Waals surface area contributed by atoms with E-state index in [1.165, 1.54) is 0 Å². The Morgan fingerprint density at radius 3 is 2.55 bits per heavy atom. The molecule has 2 aliphatic rings. The molecule has 1 saturated carbocycles. The van der Waals surface area contributed by atoms with Crippen LogP contribution in [0.2, 0.25) is 0 Å². The molecule has 2 fully saturated rings. The van der Waals surface area contributed by atoms with Crippen LogP contribution in [0.15, 0.2) is 0 Å². The van der Waals surface area contributed by atoms with Crippen molar-refractivity contribution in [1.29, 1.82) is 0 Å². The second-order valence-corrected chi connectivity index (χ2v) is 6.94. The van der Waals surface area contributed by atoms with Crippen molar-refractivity contribution in [3.05, 3.63) is 0 Å². The molecule has 0 radical (unpaired) electrons. The number of aliphatic hydroxyl groups is 1. The Bertz CT molecular complexity index is 335. The Morgan fingerprint density at radius 1 is 1.30 bits per heavy atom. The predicted molar refractivity (Wildman–Crippen MR) is 77.6 cm³/mol. The Balaban J connectivity index is 1.99. The zero-order valence-corrected chi connectivity index (χ0v) is 13.0. The highest BCUT2D eigenvalue weighted by Crippen LogP contribution is 2.32. The van der Waals surface area contributed by atoms with Gasteiger partial charge in [-0.15, -0.1) is 0 Å². The number of amides is 1. The maximum atomic E-state index is 12.4. The normalized spacial score (nSPS) is 24.5. The van der Waals surface area contributed by atoms with E-state index in [1.807, 2.05) is 25.7 Å². The Morgan fingerprint density at radius 2 is 2.00 bits per heavy atom. The summed E-state index contributed by atoms with van der Waals surface area (Å²) < 4.78 is 5.57. The fourth-order valence-corrected chi connectivity index (χ4v) is 2.87.